The molecule has 0 aromatic heterocycles. The summed E-state index contributed by atoms with van der Waals surface area (Å²) < 4.78 is 12.1. The van der Waals surface area contributed by atoms with Gasteiger partial charge in [-0.05, 0) is 133 Å². The Balaban J connectivity index is 1.28. The number of barbiturate groups is 1. The first-order chi connectivity index (χ1) is 19.3. The Labute approximate surface area is 247 Å². The van der Waals surface area contributed by atoms with Crippen molar-refractivity contribution < 1.29 is 23.9 Å². The maximum absolute atomic E-state index is 13.6. The number of hydrogen-bond acceptors (Lipinski definition) is 5. The van der Waals surface area contributed by atoms with Crippen LogP contribution in [-0.2, 0) is 15.0 Å². The van der Waals surface area contributed by atoms with Crippen molar-refractivity contribution >= 4 is 52.2 Å². The van der Waals surface area contributed by atoms with E-state index in [1.807, 2.05) is 19.1 Å². The molecule has 5 fully saturated rings. The number of carbonyl (C=O) groups is 3. The molecule has 0 atom stereocenters. The summed E-state index contributed by atoms with van der Waals surface area (Å²) in [5, 5.41) is 2.32. The van der Waals surface area contributed by atoms with Gasteiger partial charge in [-0.25, -0.2) is 9.69 Å². The zero-order valence-electron chi connectivity index (χ0n) is 22.4. The predicted molar refractivity (Wildman–Crippen MR) is 160 cm³/mol. The molecule has 40 heavy (non-hydrogen) atoms. The highest BCUT2D eigenvalue weighted by Crippen LogP contribution is 2.60. The molecule has 206 valence electrons. The van der Waals surface area contributed by atoms with Crippen molar-refractivity contribution in [1.29, 1.82) is 0 Å². The second-order valence-electron chi connectivity index (χ2n) is 11.5. The average molecular weight is 651 g/mol. The van der Waals surface area contributed by atoms with E-state index in [1.54, 1.807) is 12.1 Å². The number of benzene rings is 2. The molecule has 0 radical (unpaired) electrons. The van der Waals surface area contributed by atoms with Gasteiger partial charge in [-0.3, -0.25) is 14.9 Å². The maximum atomic E-state index is 13.6. The van der Waals surface area contributed by atoms with E-state index < -0.39 is 17.8 Å². The third-order valence-corrected chi connectivity index (χ3v) is 9.62. The van der Waals surface area contributed by atoms with Crippen molar-refractivity contribution in [3.63, 3.8) is 0 Å². The predicted octanol–water partition coefficient (Wildman–Crippen LogP) is 5.84. The van der Waals surface area contributed by atoms with Crippen molar-refractivity contribution in [1.82, 2.24) is 5.32 Å². The summed E-state index contributed by atoms with van der Waals surface area (Å²) in [6.45, 7) is 2.32. The number of amides is 4. The van der Waals surface area contributed by atoms with Gasteiger partial charge in [-0.2, -0.15) is 0 Å². The van der Waals surface area contributed by atoms with E-state index in [4.69, 9.17) is 15.9 Å². The molecule has 1 heterocycles. The number of ether oxygens (including phenoxy) is 2. The third-order valence-electron chi connectivity index (χ3n) is 8.82. The Hall–Kier alpha value is -3.32. The Morgan fingerprint density at radius 1 is 1.05 bits per heavy atom. The molecule has 0 unspecified atom stereocenters. The Bertz CT molecular complexity index is 1420. The van der Waals surface area contributed by atoms with Crippen LogP contribution in [0.5, 0.6) is 11.5 Å². The van der Waals surface area contributed by atoms with Crippen LogP contribution in [0.3, 0.4) is 0 Å². The number of imide groups is 2. The zero-order valence-corrected chi connectivity index (χ0v) is 24.5. The molecule has 2 aromatic rings. The van der Waals surface area contributed by atoms with E-state index in [0.29, 0.717) is 32.9 Å². The molecule has 7 nitrogen and oxygen atoms in total. The molecule has 1 aliphatic heterocycles. The highest BCUT2D eigenvalue weighted by molar-refractivity contribution is 14.1. The number of rotatable bonds is 7. The minimum absolute atomic E-state index is 0.0795. The van der Waals surface area contributed by atoms with E-state index >= 15 is 0 Å². The lowest BCUT2D eigenvalue weighted by atomic mass is 9.48. The van der Waals surface area contributed by atoms with Crippen LogP contribution in [0.2, 0.25) is 0 Å². The highest BCUT2D eigenvalue weighted by atomic mass is 127. The molecule has 4 aliphatic carbocycles. The van der Waals surface area contributed by atoms with Crippen LogP contribution in [0.4, 0.5) is 10.5 Å². The van der Waals surface area contributed by atoms with E-state index in [9.17, 15) is 14.4 Å². The zero-order chi connectivity index (χ0) is 28.0. The average Bonchev–Trinajstić information content (AvgIpc) is 2.90. The number of halogens is 1. The molecule has 1 saturated heterocycles. The second-order valence-corrected chi connectivity index (χ2v) is 12.6. The first-order valence-corrected chi connectivity index (χ1v) is 14.9. The van der Waals surface area contributed by atoms with Crippen molar-refractivity contribution in [2.75, 3.05) is 18.1 Å². The van der Waals surface area contributed by atoms with Crippen LogP contribution in [0.15, 0.2) is 42.0 Å². The summed E-state index contributed by atoms with van der Waals surface area (Å²) in [5.41, 5.74) is 2.38. The summed E-state index contributed by atoms with van der Waals surface area (Å²) in [5.74, 6) is 4.45. The number of anilines is 1. The largest absolute Gasteiger partial charge is 0.490 e. The molecule has 4 bridgehead atoms. The Morgan fingerprint density at radius 3 is 2.30 bits per heavy atom. The van der Waals surface area contributed by atoms with Gasteiger partial charge in [0.25, 0.3) is 11.8 Å². The number of carbonyl (C=O) groups excluding carboxylic acids is 3. The van der Waals surface area contributed by atoms with Crippen LogP contribution < -0.4 is 19.7 Å². The highest BCUT2D eigenvalue weighted by Gasteiger charge is 2.51. The van der Waals surface area contributed by atoms with Gasteiger partial charge >= 0.3 is 6.03 Å². The van der Waals surface area contributed by atoms with Crippen molar-refractivity contribution in [3.8, 4) is 23.8 Å². The van der Waals surface area contributed by atoms with Gasteiger partial charge in [0, 0.05) is 0 Å². The molecular formula is C32H31IN2O5. The van der Waals surface area contributed by atoms with Gasteiger partial charge in [0.15, 0.2) is 11.5 Å². The van der Waals surface area contributed by atoms with Gasteiger partial charge in [-0.1, -0.05) is 18.1 Å². The smallest absolute Gasteiger partial charge is 0.335 e. The SMILES string of the molecule is C#CCOc1c(I)cc(/C=C2\C(=O)NC(=O)N(c3ccc(C45CC6CC(CC(C6)C4)C5)cc3)C2=O)cc1OCC. The number of nitrogens with one attached hydrogen (secondary N) is 1. The fourth-order valence-corrected chi connectivity index (χ4v) is 8.46. The van der Waals surface area contributed by atoms with Crippen LogP contribution in [-0.4, -0.2) is 31.1 Å². The first kappa shape index (κ1) is 26.9. The summed E-state index contributed by atoms with van der Waals surface area (Å²) in [6.07, 6.45) is 14.6. The summed E-state index contributed by atoms with van der Waals surface area (Å²) in [7, 11) is 0. The molecular weight excluding hydrogens is 619 g/mol. The molecule has 7 rings (SSSR count). The van der Waals surface area contributed by atoms with Gasteiger partial charge in [0.05, 0.1) is 15.9 Å². The topological polar surface area (TPSA) is 84.9 Å². The lowest BCUT2D eigenvalue weighted by Crippen LogP contribution is -2.54. The van der Waals surface area contributed by atoms with E-state index in [1.165, 1.54) is 50.2 Å². The lowest BCUT2D eigenvalue weighted by molar-refractivity contribution is -0.122. The summed E-state index contributed by atoms with van der Waals surface area (Å²) >= 11 is 2.09. The van der Waals surface area contributed by atoms with Gasteiger partial charge < -0.3 is 9.47 Å². The Kier molecular flexibility index (Phi) is 7.11. The third kappa shape index (κ3) is 4.78. The van der Waals surface area contributed by atoms with E-state index in [2.05, 4.69) is 46.0 Å². The summed E-state index contributed by atoms with van der Waals surface area (Å²) in [6, 6.07) is 10.5. The van der Waals surface area contributed by atoms with E-state index in [0.717, 1.165) is 22.7 Å². The van der Waals surface area contributed by atoms with Crippen molar-refractivity contribution in [2.24, 2.45) is 17.8 Å². The lowest BCUT2D eigenvalue weighted by Gasteiger charge is -2.57. The van der Waals surface area contributed by atoms with Gasteiger partial charge in [-0.15, -0.1) is 6.42 Å². The molecule has 4 saturated carbocycles. The molecule has 2 aromatic carbocycles. The number of terminal acetylenes is 1. The molecule has 0 spiro atoms. The molecule has 1 N–H and O–H groups in total. The van der Waals surface area contributed by atoms with Crippen LogP contribution in [0, 0.1) is 33.7 Å². The maximum Gasteiger partial charge on any atom is 0.335 e. The summed E-state index contributed by atoms with van der Waals surface area (Å²) in [4.78, 5) is 40.2. The number of nitrogens with zero attached hydrogens (tertiary/aromatic N) is 1. The normalized spacial score (nSPS) is 28.0. The van der Waals surface area contributed by atoms with Gasteiger partial charge in [0.1, 0.15) is 12.2 Å². The second kappa shape index (κ2) is 10.6. The van der Waals surface area contributed by atoms with Gasteiger partial charge in [0.2, 0.25) is 0 Å². The quantitative estimate of drug-likeness (QED) is 0.176. The molecule has 5 aliphatic rings. The minimum atomic E-state index is -0.752. The van der Waals surface area contributed by atoms with E-state index in [-0.39, 0.29) is 17.6 Å². The number of hydrogen-bond donors (Lipinski definition) is 1. The minimum Gasteiger partial charge on any atom is -0.490 e. The Morgan fingerprint density at radius 2 is 1.70 bits per heavy atom. The molecule has 8 heteroatoms. The van der Waals surface area contributed by atoms with Crippen molar-refractivity contribution in [3.05, 3.63) is 56.7 Å². The fourth-order valence-electron chi connectivity index (χ4n) is 7.67. The first-order valence-electron chi connectivity index (χ1n) is 13.8. The van der Waals surface area contributed by atoms with Crippen LogP contribution >= 0.6 is 22.6 Å². The number of urea groups is 1. The standard InChI is InChI=1S/C32H31IN2O5/c1-3-9-40-28-26(33)14-19(15-27(28)39-4-2)13-25-29(36)34-31(38)35(30(25)37)24-7-5-23(6-8-24)32-16-20-10-21(17-32)12-22(11-20)18-32/h1,5-8,13-15,20-22H,4,9-12,16-18H2,2H3,(H,34,36,38)/b25-13+. The van der Waals surface area contributed by atoms with Crippen LogP contribution in [0.1, 0.15) is 56.6 Å². The monoisotopic (exact) mass is 650 g/mol. The van der Waals surface area contributed by atoms with Crippen LogP contribution in [0.25, 0.3) is 6.08 Å². The molecule has 4 amide bonds. The van der Waals surface area contributed by atoms with Crippen molar-refractivity contribution in [2.45, 2.75) is 50.9 Å². The fraction of sp³-hybridized carbons (Fsp3) is 0.406.